The van der Waals surface area contributed by atoms with Gasteiger partial charge in [-0.25, -0.2) is 0 Å². The summed E-state index contributed by atoms with van der Waals surface area (Å²) in [5.74, 6) is 2.82. The van der Waals surface area contributed by atoms with Crippen molar-refractivity contribution in [3.8, 4) is 0 Å². The SMILES string of the molecule is C=C1C=CC(=O)N1CCCCCC1CC2C=CC1C2. The third-order valence-electron chi connectivity index (χ3n) is 4.90. The number of hydrogen-bond donors (Lipinski definition) is 0. The summed E-state index contributed by atoms with van der Waals surface area (Å²) < 4.78 is 0. The van der Waals surface area contributed by atoms with E-state index in [1.54, 1.807) is 11.0 Å². The Morgan fingerprint density at radius 3 is 2.68 bits per heavy atom. The molecule has 3 unspecified atom stereocenters. The highest BCUT2D eigenvalue weighted by Gasteiger charge is 2.34. The van der Waals surface area contributed by atoms with Crippen LogP contribution in [-0.4, -0.2) is 17.4 Å². The van der Waals surface area contributed by atoms with E-state index in [-0.39, 0.29) is 5.91 Å². The standard InChI is InChI=1S/C17H23NO/c1-13-6-9-17(19)18(13)10-4-2-3-5-15-11-14-7-8-16(15)12-14/h6-9,14-16H,1-5,10-12H2. The quantitative estimate of drug-likeness (QED) is 0.525. The van der Waals surface area contributed by atoms with Crippen LogP contribution in [0, 0.1) is 17.8 Å². The van der Waals surface area contributed by atoms with E-state index in [1.807, 2.05) is 6.08 Å². The Hall–Kier alpha value is -1.31. The van der Waals surface area contributed by atoms with Crippen LogP contribution >= 0.6 is 0 Å². The minimum absolute atomic E-state index is 0.100. The zero-order valence-electron chi connectivity index (χ0n) is 11.6. The molecule has 2 bridgehead atoms. The Morgan fingerprint density at radius 2 is 2.05 bits per heavy atom. The molecule has 3 rings (SSSR count). The van der Waals surface area contributed by atoms with Gasteiger partial charge in [0.25, 0.3) is 5.91 Å². The van der Waals surface area contributed by atoms with E-state index in [0.717, 1.165) is 36.4 Å². The van der Waals surface area contributed by atoms with Gasteiger partial charge >= 0.3 is 0 Å². The van der Waals surface area contributed by atoms with Gasteiger partial charge in [0.15, 0.2) is 0 Å². The van der Waals surface area contributed by atoms with Gasteiger partial charge in [0.2, 0.25) is 0 Å². The second-order valence-electron chi connectivity index (χ2n) is 6.20. The van der Waals surface area contributed by atoms with Gasteiger partial charge in [-0.15, -0.1) is 0 Å². The molecule has 1 heterocycles. The van der Waals surface area contributed by atoms with Crippen LogP contribution in [0.1, 0.15) is 38.5 Å². The fourth-order valence-corrected chi connectivity index (χ4v) is 3.82. The average molecular weight is 257 g/mol. The molecule has 2 nitrogen and oxygen atoms in total. The van der Waals surface area contributed by atoms with E-state index in [2.05, 4.69) is 18.7 Å². The zero-order chi connectivity index (χ0) is 13.2. The van der Waals surface area contributed by atoms with Crippen LogP contribution in [0.5, 0.6) is 0 Å². The van der Waals surface area contributed by atoms with E-state index in [1.165, 1.54) is 32.1 Å². The number of amides is 1. The van der Waals surface area contributed by atoms with Crippen LogP contribution in [0.3, 0.4) is 0 Å². The maximum atomic E-state index is 11.5. The maximum Gasteiger partial charge on any atom is 0.251 e. The third-order valence-corrected chi connectivity index (χ3v) is 4.90. The third kappa shape index (κ3) is 2.68. The summed E-state index contributed by atoms with van der Waals surface area (Å²) in [6, 6.07) is 0. The molecule has 3 aliphatic rings. The molecule has 0 saturated heterocycles. The van der Waals surface area contributed by atoms with Crippen LogP contribution in [0.15, 0.2) is 36.6 Å². The Morgan fingerprint density at radius 1 is 1.16 bits per heavy atom. The first-order valence-corrected chi connectivity index (χ1v) is 7.61. The fraction of sp³-hybridized carbons (Fsp3) is 0.588. The second-order valence-corrected chi connectivity index (χ2v) is 6.20. The Labute approximate surface area is 115 Å². The van der Waals surface area contributed by atoms with Crippen LogP contribution in [-0.2, 0) is 4.79 Å². The van der Waals surface area contributed by atoms with Gasteiger partial charge in [0, 0.05) is 18.3 Å². The lowest BCUT2D eigenvalue weighted by Crippen LogP contribution is -2.24. The number of unbranched alkanes of at least 4 members (excludes halogenated alkanes) is 2. The van der Waals surface area contributed by atoms with Crippen LogP contribution in [0.25, 0.3) is 0 Å². The normalized spacial score (nSPS) is 32.0. The van der Waals surface area contributed by atoms with Gasteiger partial charge < -0.3 is 4.90 Å². The number of carbonyl (C=O) groups excluding carboxylic acids is 1. The van der Waals surface area contributed by atoms with Crippen molar-refractivity contribution in [2.45, 2.75) is 38.5 Å². The lowest BCUT2D eigenvalue weighted by molar-refractivity contribution is -0.123. The van der Waals surface area contributed by atoms with Crippen molar-refractivity contribution in [2.24, 2.45) is 17.8 Å². The molecule has 1 aliphatic heterocycles. The fourth-order valence-electron chi connectivity index (χ4n) is 3.82. The lowest BCUT2D eigenvalue weighted by atomic mass is 9.89. The van der Waals surface area contributed by atoms with Crippen molar-refractivity contribution in [2.75, 3.05) is 6.54 Å². The summed E-state index contributed by atoms with van der Waals surface area (Å²) in [5, 5.41) is 0. The van der Waals surface area contributed by atoms with Crippen molar-refractivity contribution in [3.05, 3.63) is 36.6 Å². The van der Waals surface area contributed by atoms with Crippen molar-refractivity contribution < 1.29 is 4.79 Å². The molecule has 0 spiro atoms. The highest BCUT2D eigenvalue weighted by atomic mass is 16.2. The molecule has 0 aromatic carbocycles. The number of allylic oxidation sites excluding steroid dienone is 3. The Balaban J connectivity index is 1.31. The summed E-state index contributed by atoms with van der Waals surface area (Å²) in [4.78, 5) is 13.3. The first-order valence-electron chi connectivity index (χ1n) is 7.61. The summed E-state index contributed by atoms with van der Waals surface area (Å²) in [7, 11) is 0. The smallest absolute Gasteiger partial charge is 0.251 e. The largest absolute Gasteiger partial charge is 0.309 e. The Kier molecular flexibility index (Phi) is 3.58. The maximum absolute atomic E-state index is 11.5. The molecule has 0 aromatic rings. The zero-order valence-corrected chi connectivity index (χ0v) is 11.6. The molecule has 1 saturated carbocycles. The van der Waals surface area contributed by atoms with E-state index in [9.17, 15) is 4.79 Å². The topological polar surface area (TPSA) is 20.3 Å². The van der Waals surface area contributed by atoms with Gasteiger partial charge in [0.05, 0.1) is 0 Å². The first-order chi connectivity index (χ1) is 9.24. The molecule has 3 atom stereocenters. The van der Waals surface area contributed by atoms with Gasteiger partial charge in [-0.05, 0) is 49.5 Å². The number of rotatable bonds is 6. The molecule has 19 heavy (non-hydrogen) atoms. The van der Waals surface area contributed by atoms with Gasteiger partial charge in [0.1, 0.15) is 0 Å². The van der Waals surface area contributed by atoms with Crippen molar-refractivity contribution in [3.63, 3.8) is 0 Å². The van der Waals surface area contributed by atoms with Crippen LogP contribution in [0.2, 0.25) is 0 Å². The summed E-state index contributed by atoms with van der Waals surface area (Å²) in [5.41, 5.74) is 0.850. The molecule has 2 heteroatoms. The van der Waals surface area contributed by atoms with E-state index < -0.39 is 0 Å². The van der Waals surface area contributed by atoms with Gasteiger partial charge in [-0.2, -0.15) is 0 Å². The molecular weight excluding hydrogens is 234 g/mol. The summed E-state index contributed by atoms with van der Waals surface area (Å²) in [6.45, 7) is 4.72. The molecule has 2 aliphatic carbocycles. The summed E-state index contributed by atoms with van der Waals surface area (Å²) >= 11 is 0. The predicted molar refractivity (Wildman–Crippen MR) is 77.3 cm³/mol. The van der Waals surface area contributed by atoms with E-state index in [4.69, 9.17) is 0 Å². The highest BCUT2D eigenvalue weighted by Crippen LogP contribution is 2.45. The van der Waals surface area contributed by atoms with Crippen molar-refractivity contribution >= 4 is 5.91 Å². The molecule has 102 valence electrons. The monoisotopic (exact) mass is 257 g/mol. The van der Waals surface area contributed by atoms with Crippen LogP contribution in [0.4, 0.5) is 0 Å². The molecule has 0 aromatic heterocycles. The van der Waals surface area contributed by atoms with Crippen LogP contribution < -0.4 is 0 Å². The van der Waals surface area contributed by atoms with Crippen molar-refractivity contribution in [1.82, 2.24) is 4.90 Å². The minimum Gasteiger partial charge on any atom is -0.309 e. The molecule has 0 N–H and O–H groups in total. The highest BCUT2D eigenvalue weighted by molar-refractivity contribution is 5.92. The number of nitrogens with zero attached hydrogens (tertiary/aromatic N) is 1. The predicted octanol–water partition coefficient (Wildman–Crippen LogP) is 3.67. The average Bonchev–Trinajstić information content (AvgIpc) is 3.08. The number of hydrogen-bond acceptors (Lipinski definition) is 1. The van der Waals surface area contributed by atoms with Gasteiger partial charge in [-0.1, -0.05) is 31.6 Å². The Bertz CT molecular complexity index is 417. The molecular formula is C17H23NO. The lowest BCUT2D eigenvalue weighted by Gasteiger charge is -2.19. The molecule has 1 amide bonds. The minimum atomic E-state index is 0.100. The van der Waals surface area contributed by atoms with Gasteiger partial charge in [-0.3, -0.25) is 4.79 Å². The first kappa shape index (κ1) is 12.7. The number of fused-ring (bicyclic) bond motifs is 2. The number of carbonyl (C=O) groups is 1. The van der Waals surface area contributed by atoms with Crippen molar-refractivity contribution in [1.29, 1.82) is 0 Å². The molecule has 1 fully saturated rings. The molecule has 0 radical (unpaired) electrons. The van der Waals surface area contributed by atoms with E-state index >= 15 is 0 Å². The van der Waals surface area contributed by atoms with E-state index in [0.29, 0.717) is 0 Å². The second kappa shape index (κ2) is 5.36. The summed E-state index contributed by atoms with van der Waals surface area (Å²) in [6.07, 6.45) is 16.1.